The van der Waals surface area contributed by atoms with Crippen molar-refractivity contribution >= 4 is 107 Å². The summed E-state index contributed by atoms with van der Waals surface area (Å²) in [4.78, 5) is 2.68. The van der Waals surface area contributed by atoms with Crippen LogP contribution < -0.4 is 37.7 Å². The Labute approximate surface area is 483 Å². The highest BCUT2D eigenvalue weighted by molar-refractivity contribution is 7.02. The number of aryl methyl sites for hydroxylation is 1. The summed E-state index contributed by atoms with van der Waals surface area (Å²) in [6, 6.07) is 73.6. The first-order chi connectivity index (χ1) is 39.8. The summed E-state index contributed by atoms with van der Waals surface area (Å²) in [5.41, 5.74) is 39.4. The Kier molecular flexibility index (Phi) is 11.3. The monoisotopic (exact) mass is 1050 g/mol. The molecule has 4 heterocycles. The van der Waals surface area contributed by atoms with Gasteiger partial charge in [-0.25, -0.2) is 0 Å². The van der Waals surface area contributed by atoms with E-state index in [0.717, 1.165) is 0 Å². The standard InChI is InChI=1S/C77H65B2N3/c1-44-38-67-77-68(39-44)79(76-53(10)49(6)46(3)50(7)54(76)11)66-43-58(56-31-35-72-64(41-56)62-27-19-21-29-70(62)81(72)60-24-16-13-17-25-60)33-37-74(66)82(77)73-36-32-57(42-65(73)78(67)75-51(8)47(4)45(2)48(5)52(75)9)55-30-34-71-63(40-55)61-26-18-20-28-69(61)80(71)59-22-14-12-15-23-59/h12-43H,1-11H3. The average molecular weight is 1050 g/mol. The molecule has 13 aromatic rings. The molecule has 0 saturated carbocycles. The van der Waals surface area contributed by atoms with E-state index in [-0.39, 0.29) is 13.4 Å². The molecule has 0 spiro atoms. The topological polar surface area (TPSA) is 13.1 Å². The number of para-hydroxylation sites is 4. The summed E-state index contributed by atoms with van der Waals surface area (Å²) in [5.74, 6) is 0. The van der Waals surface area contributed by atoms with E-state index >= 15 is 0 Å². The highest BCUT2D eigenvalue weighted by Crippen LogP contribution is 2.43. The van der Waals surface area contributed by atoms with Crippen molar-refractivity contribution in [1.29, 1.82) is 0 Å². The fraction of sp³-hybridized carbons (Fsp3) is 0.143. The number of benzene rings is 11. The SMILES string of the molecule is Cc1cc2c3c(c1)B(c1c(C)c(C)c(C)c(C)c1C)c1cc(-c4ccc5c(c4)c4ccccc4n5-c4ccccc4)ccc1N3c1ccc(-c3ccc4c(c3)c3ccccc3n4-c3ccccc3)cc1B2c1c(C)c(C)c(C)c(C)c1C. The minimum absolute atomic E-state index is 0.0172. The summed E-state index contributed by atoms with van der Waals surface area (Å²) in [7, 11) is 0. The van der Waals surface area contributed by atoms with Crippen molar-refractivity contribution in [3.63, 3.8) is 0 Å². The normalized spacial score (nSPS) is 12.7. The highest BCUT2D eigenvalue weighted by Gasteiger charge is 2.46. The maximum atomic E-state index is 2.68. The molecule has 0 aliphatic carbocycles. The Morgan fingerprint density at radius 2 is 0.598 bits per heavy atom. The number of nitrogens with zero attached hydrogens (tertiary/aromatic N) is 3. The van der Waals surface area contributed by atoms with Crippen molar-refractivity contribution in [2.24, 2.45) is 0 Å². The van der Waals surface area contributed by atoms with Gasteiger partial charge in [0.05, 0.1) is 22.1 Å². The number of hydrogen-bond donors (Lipinski definition) is 0. The van der Waals surface area contributed by atoms with Crippen LogP contribution in [0.5, 0.6) is 0 Å². The number of fused-ring (bicyclic) bond motifs is 10. The molecule has 0 N–H and O–H groups in total. The zero-order chi connectivity index (χ0) is 56.1. The Hall–Kier alpha value is -9.05. The third-order valence-corrected chi connectivity index (χ3v) is 20.1. The van der Waals surface area contributed by atoms with Crippen molar-refractivity contribution in [3.05, 3.63) is 255 Å². The van der Waals surface area contributed by atoms with E-state index in [0.29, 0.717) is 0 Å². The Balaban J connectivity index is 0.996. The van der Waals surface area contributed by atoms with E-state index in [1.807, 2.05) is 0 Å². The first-order valence-electron chi connectivity index (χ1n) is 29.3. The predicted molar refractivity (Wildman–Crippen MR) is 355 cm³/mol. The summed E-state index contributed by atoms with van der Waals surface area (Å²) < 4.78 is 4.83. The fourth-order valence-electron chi connectivity index (χ4n) is 15.1. The summed E-state index contributed by atoms with van der Waals surface area (Å²) in [5, 5.41) is 5.03. The maximum absolute atomic E-state index is 2.68. The van der Waals surface area contributed by atoms with Crippen LogP contribution in [0.15, 0.2) is 194 Å². The number of anilines is 3. The first kappa shape index (κ1) is 50.0. The van der Waals surface area contributed by atoms with Crippen LogP contribution in [0, 0.1) is 76.2 Å². The molecule has 0 amide bonds. The second kappa shape index (κ2) is 18.5. The summed E-state index contributed by atoms with van der Waals surface area (Å²) in [6.07, 6.45) is 0. The predicted octanol–water partition coefficient (Wildman–Crippen LogP) is 15.7. The summed E-state index contributed by atoms with van der Waals surface area (Å²) in [6.45, 7) is 25.9. The van der Waals surface area contributed by atoms with Gasteiger partial charge in [0.25, 0.3) is 0 Å². The number of hydrogen-bond acceptors (Lipinski definition) is 1. The van der Waals surface area contributed by atoms with Crippen LogP contribution in [0.1, 0.15) is 61.2 Å². The smallest absolute Gasteiger partial charge is 0.247 e. The molecular weight excluding hydrogens is 988 g/mol. The maximum Gasteiger partial charge on any atom is 0.247 e. The molecular formula is C77H65B2N3. The molecule has 0 unspecified atom stereocenters. The fourth-order valence-corrected chi connectivity index (χ4v) is 15.1. The molecule has 11 aromatic carbocycles. The van der Waals surface area contributed by atoms with Crippen LogP contribution in [0.4, 0.5) is 17.1 Å². The van der Waals surface area contributed by atoms with E-state index in [1.54, 1.807) is 0 Å². The second-order valence-corrected chi connectivity index (χ2v) is 24.0. The molecule has 0 fully saturated rings. The molecule has 0 bridgehead atoms. The van der Waals surface area contributed by atoms with Crippen LogP contribution >= 0.6 is 0 Å². The molecule has 0 atom stereocenters. The highest BCUT2D eigenvalue weighted by atomic mass is 15.2. The van der Waals surface area contributed by atoms with Crippen molar-refractivity contribution < 1.29 is 0 Å². The quantitative estimate of drug-likeness (QED) is 0.151. The number of aromatic nitrogens is 2. The molecule has 394 valence electrons. The zero-order valence-corrected chi connectivity index (χ0v) is 49.0. The summed E-state index contributed by atoms with van der Waals surface area (Å²) >= 11 is 0. The molecule has 2 aliphatic heterocycles. The van der Waals surface area contributed by atoms with Crippen LogP contribution in [0.25, 0.3) is 77.2 Å². The van der Waals surface area contributed by atoms with Crippen LogP contribution in [0.3, 0.4) is 0 Å². The first-order valence-corrected chi connectivity index (χ1v) is 29.3. The molecule has 15 rings (SSSR count). The number of rotatable bonds is 6. The third-order valence-electron chi connectivity index (χ3n) is 20.1. The van der Waals surface area contributed by atoms with Crippen LogP contribution in [-0.4, -0.2) is 22.6 Å². The van der Waals surface area contributed by atoms with Crippen molar-refractivity contribution in [1.82, 2.24) is 9.13 Å². The average Bonchev–Trinajstić information content (AvgIpc) is 1.26. The van der Waals surface area contributed by atoms with Crippen LogP contribution in [0.2, 0.25) is 0 Å². The van der Waals surface area contributed by atoms with Gasteiger partial charge in [-0.05, 0) is 226 Å². The van der Waals surface area contributed by atoms with E-state index < -0.39 is 0 Å². The van der Waals surface area contributed by atoms with E-state index in [4.69, 9.17) is 0 Å². The molecule has 82 heavy (non-hydrogen) atoms. The van der Waals surface area contributed by atoms with E-state index in [9.17, 15) is 0 Å². The Morgan fingerprint density at radius 1 is 0.268 bits per heavy atom. The lowest BCUT2D eigenvalue weighted by Crippen LogP contribution is -2.66. The van der Waals surface area contributed by atoms with Gasteiger partial charge < -0.3 is 14.0 Å². The van der Waals surface area contributed by atoms with Gasteiger partial charge in [-0.15, -0.1) is 0 Å². The lowest BCUT2D eigenvalue weighted by molar-refractivity contribution is 1.18. The van der Waals surface area contributed by atoms with Gasteiger partial charge in [-0.3, -0.25) is 0 Å². The van der Waals surface area contributed by atoms with Crippen LogP contribution in [-0.2, 0) is 0 Å². The van der Waals surface area contributed by atoms with Gasteiger partial charge in [-0.2, -0.15) is 0 Å². The Morgan fingerprint density at radius 3 is 1.00 bits per heavy atom. The molecule has 0 radical (unpaired) electrons. The minimum atomic E-state index is -0.0172. The molecule has 2 aromatic heterocycles. The largest absolute Gasteiger partial charge is 0.313 e. The van der Waals surface area contributed by atoms with Gasteiger partial charge >= 0.3 is 0 Å². The lowest BCUT2D eigenvalue weighted by Gasteiger charge is -2.45. The Bertz CT molecular complexity index is 4520. The van der Waals surface area contributed by atoms with Crippen molar-refractivity contribution in [3.8, 4) is 33.6 Å². The van der Waals surface area contributed by atoms with Crippen molar-refractivity contribution in [2.45, 2.75) is 76.2 Å². The minimum Gasteiger partial charge on any atom is -0.313 e. The van der Waals surface area contributed by atoms with E-state index in [2.05, 4.69) is 284 Å². The zero-order valence-electron chi connectivity index (χ0n) is 49.0. The van der Waals surface area contributed by atoms with Gasteiger partial charge in [0.1, 0.15) is 0 Å². The van der Waals surface area contributed by atoms with E-state index in [1.165, 1.54) is 188 Å². The third kappa shape index (κ3) is 7.11. The molecule has 2 aliphatic rings. The van der Waals surface area contributed by atoms with Gasteiger partial charge in [0, 0.05) is 50.0 Å². The van der Waals surface area contributed by atoms with Gasteiger partial charge in [0.2, 0.25) is 13.4 Å². The molecule has 0 saturated heterocycles. The molecule has 3 nitrogen and oxygen atoms in total. The lowest BCUT2D eigenvalue weighted by atomic mass is 9.29. The molecule has 5 heteroatoms. The van der Waals surface area contributed by atoms with Gasteiger partial charge in [0.15, 0.2) is 0 Å². The second-order valence-electron chi connectivity index (χ2n) is 24.0. The van der Waals surface area contributed by atoms with Crippen molar-refractivity contribution in [2.75, 3.05) is 4.90 Å². The van der Waals surface area contributed by atoms with Gasteiger partial charge in [-0.1, -0.05) is 160 Å².